The Morgan fingerprint density at radius 1 is 0.893 bits per heavy atom. The highest BCUT2D eigenvalue weighted by Crippen LogP contribution is 2.36. The Morgan fingerprint density at radius 2 is 1.46 bits per heavy atom. The first-order chi connectivity index (χ1) is 17.5. The Bertz CT molecular complexity index is 1380. The molecule has 2 heterocycles. The summed E-state index contributed by atoms with van der Waals surface area (Å²) < 4.78 is 115. The fourth-order valence-corrected chi connectivity index (χ4v) is 3.70. The van der Waals surface area contributed by atoms with Gasteiger partial charge in [0, 0.05) is 17.2 Å². The average Bonchev–Trinajstić information content (AvgIpc) is 3.38. The monoisotopic (exact) mass is 441 g/mol. The molecular weight excluding hydrogens is 418 g/mol. The number of rotatable bonds is 3. The van der Waals surface area contributed by atoms with Crippen molar-refractivity contribution < 1.29 is 42.6 Å². The summed E-state index contributed by atoms with van der Waals surface area (Å²) in [7, 11) is -4.94. The number of halogens is 1. The maximum atomic E-state index is 8.49. The number of hydrogen-bond acceptors (Lipinski definition) is 6. The standard InChI is InChI=1S/C20H14NS2.ClHO4/c1-3-8-15(9-4-1)17-14-19(16-10-5-2-6-11-16)23-20(21-17)18-12-7-13-22-18;2-1(3,4)5/h1-14H;(H,2,3,4,5)/q+1;/p-1/i1D,2D,3D,4D,5D,6D,8D,9D,10D,11D;. The van der Waals surface area contributed by atoms with Crippen molar-refractivity contribution in [1.29, 1.82) is 0 Å². The van der Waals surface area contributed by atoms with Gasteiger partial charge >= 0.3 is 5.01 Å². The van der Waals surface area contributed by atoms with E-state index in [0.717, 1.165) is 16.2 Å². The largest absolute Gasteiger partial charge is 0.341 e. The van der Waals surface area contributed by atoms with Crippen LogP contribution < -0.4 is 18.6 Å². The van der Waals surface area contributed by atoms with Crippen LogP contribution in [0.2, 0.25) is 0 Å². The zero-order chi connectivity index (χ0) is 28.7. The minimum atomic E-state index is -4.94. The molecule has 0 atom stereocenters. The molecule has 0 aliphatic rings. The molecule has 0 aliphatic carbocycles. The van der Waals surface area contributed by atoms with Gasteiger partial charge in [-0.3, -0.25) is 0 Å². The molecule has 28 heavy (non-hydrogen) atoms. The highest BCUT2D eigenvalue weighted by molar-refractivity contribution is 7.22. The normalized spacial score (nSPS) is 15.9. The molecule has 142 valence electrons. The summed E-state index contributed by atoms with van der Waals surface area (Å²) in [4.78, 5) is 5.53. The first-order valence-corrected chi connectivity index (χ1v) is 10.1. The lowest BCUT2D eigenvalue weighted by atomic mass is 10.1. The summed E-state index contributed by atoms with van der Waals surface area (Å²) >= 11 is 2.47. The second-order valence-corrected chi connectivity index (χ2v) is 7.50. The Balaban J connectivity index is 0.000000732. The maximum Gasteiger partial charge on any atom is 0.341 e. The summed E-state index contributed by atoms with van der Waals surface area (Å²) in [6.45, 7) is 0. The van der Waals surface area contributed by atoms with Gasteiger partial charge in [0.15, 0.2) is 0 Å². The summed E-state index contributed by atoms with van der Waals surface area (Å²) in [5.41, 5.74) is -0.115. The molecule has 0 saturated heterocycles. The average molecular weight is 442 g/mol. The second-order valence-electron chi connectivity index (χ2n) is 4.77. The van der Waals surface area contributed by atoms with Crippen molar-refractivity contribution in [2.24, 2.45) is 0 Å². The molecular formula is C20H14ClNO4S2. The lowest BCUT2D eigenvalue weighted by Gasteiger charge is -2.17. The molecule has 0 fully saturated rings. The van der Waals surface area contributed by atoms with Gasteiger partial charge in [-0.1, -0.05) is 54.4 Å². The third-order valence-electron chi connectivity index (χ3n) is 2.93. The molecule has 0 amide bonds. The van der Waals surface area contributed by atoms with Crippen molar-refractivity contribution >= 4 is 22.7 Å². The van der Waals surface area contributed by atoms with E-state index in [0.29, 0.717) is 5.01 Å². The van der Waals surface area contributed by atoms with E-state index in [1.807, 2.05) is 5.38 Å². The van der Waals surface area contributed by atoms with Gasteiger partial charge in [0.1, 0.15) is 4.88 Å². The van der Waals surface area contributed by atoms with E-state index in [2.05, 4.69) is 4.98 Å². The van der Waals surface area contributed by atoms with Gasteiger partial charge in [0.25, 0.3) is 11.3 Å². The Hall–Kier alpha value is -2.23. The molecule has 4 aromatic rings. The van der Waals surface area contributed by atoms with Crippen molar-refractivity contribution in [2.75, 3.05) is 0 Å². The van der Waals surface area contributed by atoms with Crippen LogP contribution in [0.5, 0.6) is 0 Å². The van der Waals surface area contributed by atoms with Crippen LogP contribution in [-0.4, -0.2) is 4.98 Å². The van der Waals surface area contributed by atoms with Crippen molar-refractivity contribution in [1.82, 2.24) is 4.98 Å². The summed E-state index contributed by atoms with van der Waals surface area (Å²) in [5.74, 6) is 0. The highest BCUT2D eigenvalue weighted by Gasteiger charge is 2.21. The Kier molecular flexibility index (Phi) is 3.69. The SMILES string of the molecule is [2H]c1c([2H])c([2H])c(-c2cc(-c3c([2H])c([2H])c([2H])c([2H])c3[2H])[s+]c(-c3cccs3)n2)c([2H])c1[2H].[O-][Cl+3]([O-])([O-])[O-]. The molecule has 0 radical (unpaired) electrons. The number of aromatic nitrogens is 1. The summed E-state index contributed by atoms with van der Waals surface area (Å²) in [6, 6.07) is 0.288. The van der Waals surface area contributed by atoms with Crippen LogP contribution in [0.15, 0.2) is 84.0 Å². The molecule has 0 aliphatic heterocycles. The van der Waals surface area contributed by atoms with Crippen LogP contribution in [-0.2, 0) is 0 Å². The summed E-state index contributed by atoms with van der Waals surface area (Å²) in [6.07, 6.45) is 0. The van der Waals surface area contributed by atoms with Crippen molar-refractivity contribution in [3.8, 4) is 31.6 Å². The Labute approximate surface area is 186 Å². The molecule has 5 nitrogen and oxygen atoms in total. The van der Waals surface area contributed by atoms with Gasteiger partial charge in [-0.15, -0.1) is 21.6 Å². The van der Waals surface area contributed by atoms with Gasteiger partial charge in [-0.05, 0) is 23.5 Å². The van der Waals surface area contributed by atoms with Crippen LogP contribution in [0.3, 0.4) is 0 Å². The second kappa shape index (κ2) is 9.31. The molecule has 2 aromatic heterocycles. The van der Waals surface area contributed by atoms with Gasteiger partial charge in [0.05, 0.1) is 19.4 Å². The number of benzene rings is 2. The van der Waals surface area contributed by atoms with Crippen molar-refractivity contribution in [2.45, 2.75) is 0 Å². The molecule has 2 aromatic carbocycles. The van der Waals surface area contributed by atoms with E-state index < -0.39 is 70.7 Å². The molecule has 0 unspecified atom stereocenters. The van der Waals surface area contributed by atoms with Gasteiger partial charge in [0.2, 0.25) is 4.88 Å². The van der Waals surface area contributed by atoms with Crippen molar-refractivity contribution in [3.63, 3.8) is 0 Å². The molecule has 0 saturated carbocycles. The Morgan fingerprint density at radius 3 is 2.00 bits per heavy atom. The lowest BCUT2D eigenvalue weighted by Crippen LogP contribution is -2.68. The third kappa shape index (κ3) is 6.15. The predicted molar refractivity (Wildman–Crippen MR) is 101 cm³/mol. The number of hydrogen-bond donors (Lipinski definition) is 0. The quantitative estimate of drug-likeness (QED) is 0.450. The maximum absolute atomic E-state index is 8.49. The molecule has 8 heteroatoms. The summed E-state index contributed by atoms with van der Waals surface area (Å²) in [5, 5.41) is 2.25. The van der Waals surface area contributed by atoms with E-state index >= 15 is 0 Å². The topological polar surface area (TPSA) is 105 Å². The van der Waals surface area contributed by atoms with Gasteiger partial charge in [-0.25, -0.2) is 18.6 Å². The third-order valence-corrected chi connectivity index (χ3v) is 4.98. The fourth-order valence-electron chi connectivity index (χ4n) is 1.93. The van der Waals surface area contributed by atoms with E-state index in [9.17, 15) is 0 Å². The van der Waals surface area contributed by atoms with Crippen molar-refractivity contribution in [3.05, 3.63) is 84.0 Å². The zero-order valence-corrected chi connectivity index (χ0v) is 16.0. The lowest BCUT2D eigenvalue weighted by molar-refractivity contribution is -2.00. The molecule has 4 rings (SSSR count). The predicted octanol–water partition coefficient (Wildman–Crippen LogP) is 1.73. The van der Waals surface area contributed by atoms with E-state index in [4.69, 9.17) is 32.3 Å². The van der Waals surface area contributed by atoms with Crippen LogP contribution in [0.25, 0.3) is 31.6 Å². The van der Waals surface area contributed by atoms with E-state index in [-0.39, 0.29) is 21.7 Å². The van der Waals surface area contributed by atoms with Crippen LogP contribution >= 0.6 is 22.7 Å². The van der Waals surface area contributed by atoms with Gasteiger partial charge < -0.3 is 0 Å². The number of nitrogens with zero attached hydrogens (tertiary/aromatic N) is 1. The zero-order valence-electron chi connectivity index (χ0n) is 23.6. The highest BCUT2D eigenvalue weighted by atomic mass is 35.7. The molecule has 0 spiro atoms. The van der Waals surface area contributed by atoms with Crippen LogP contribution in [0.1, 0.15) is 13.7 Å². The number of thiophene rings is 1. The van der Waals surface area contributed by atoms with Crippen LogP contribution in [0, 0.1) is 10.2 Å². The van der Waals surface area contributed by atoms with Gasteiger partial charge in [-0.2, -0.15) is 4.98 Å². The molecule has 0 N–H and O–H groups in total. The van der Waals surface area contributed by atoms with E-state index in [1.54, 1.807) is 12.1 Å². The minimum Gasteiger partial charge on any atom is -0.222 e. The van der Waals surface area contributed by atoms with E-state index in [1.165, 1.54) is 17.4 Å². The smallest absolute Gasteiger partial charge is 0.222 e. The molecule has 0 bridgehead atoms. The first kappa shape index (κ1) is 11.1. The first-order valence-electron chi connectivity index (χ1n) is 12.2. The minimum absolute atomic E-state index is 0.0418. The fraction of sp³-hybridized carbons (Fsp3) is 0. The van der Waals surface area contributed by atoms with Crippen LogP contribution in [0.4, 0.5) is 0 Å².